The second-order valence-electron chi connectivity index (χ2n) is 6.91. The molecule has 2 aliphatic heterocycles. The first-order valence-corrected chi connectivity index (χ1v) is 10.3. The summed E-state index contributed by atoms with van der Waals surface area (Å²) in [6.07, 6.45) is 5.63. The van der Waals surface area contributed by atoms with E-state index in [1.54, 1.807) is 18.2 Å². The van der Waals surface area contributed by atoms with Gasteiger partial charge in [0.25, 0.3) is 11.1 Å². The lowest BCUT2D eigenvalue weighted by molar-refractivity contribution is -0.129. The monoisotopic (exact) mass is 411 g/mol. The molecule has 29 heavy (non-hydrogen) atoms. The summed E-state index contributed by atoms with van der Waals surface area (Å²) in [6, 6.07) is 11.4. The smallest absolute Gasteiger partial charge is 0.294 e. The van der Waals surface area contributed by atoms with E-state index in [4.69, 9.17) is 4.42 Å². The van der Waals surface area contributed by atoms with Gasteiger partial charge in [-0.05, 0) is 60.5 Å². The fraction of sp³-hybridized carbons (Fsp3) is 0.286. The van der Waals surface area contributed by atoms with Gasteiger partial charge in [0.15, 0.2) is 0 Å². The summed E-state index contributed by atoms with van der Waals surface area (Å²) in [7, 11) is 0. The van der Waals surface area contributed by atoms with Crippen LogP contribution >= 0.6 is 11.8 Å². The van der Waals surface area contributed by atoms with Crippen LogP contribution in [0.2, 0.25) is 0 Å². The van der Waals surface area contributed by atoms with Crippen molar-refractivity contribution >= 4 is 40.6 Å². The summed E-state index contributed by atoms with van der Waals surface area (Å²) in [5.74, 6) is -0.263. The van der Waals surface area contributed by atoms with Crippen LogP contribution in [0.25, 0.3) is 6.08 Å². The van der Waals surface area contributed by atoms with Crippen LogP contribution in [-0.4, -0.2) is 41.6 Å². The van der Waals surface area contributed by atoms with E-state index in [0.717, 1.165) is 35.3 Å². The SMILES string of the molecule is O=C(CN1C(=O)S/C(=C\c2ccc(N3CCCC3)cc2)C1=O)NCc1ccco1. The summed E-state index contributed by atoms with van der Waals surface area (Å²) >= 11 is 0.854. The number of carbonyl (C=O) groups is 3. The Morgan fingerprint density at radius 3 is 2.59 bits per heavy atom. The average molecular weight is 411 g/mol. The molecule has 1 N–H and O–H groups in total. The van der Waals surface area contributed by atoms with Crippen LogP contribution < -0.4 is 10.2 Å². The van der Waals surface area contributed by atoms with E-state index < -0.39 is 17.1 Å². The van der Waals surface area contributed by atoms with Gasteiger partial charge in [0.2, 0.25) is 5.91 Å². The van der Waals surface area contributed by atoms with Crippen molar-refractivity contribution in [3.05, 3.63) is 58.9 Å². The van der Waals surface area contributed by atoms with Crippen LogP contribution in [0.5, 0.6) is 0 Å². The Bertz CT molecular complexity index is 931. The molecule has 150 valence electrons. The molecule has 0 aliphatic carbocycles. The van der Waals surface area contributed by atoms with Gasteiger partial charge in [-0.1, -0.05) is 12.1 Å². The Morgan fingerprint density at radius 2 is 1.90 bits per heavy atom. The average Bonchev–Trinajstić information content (AvgIpc) is 3.47. The van der Waals surface area contributed by atoms with Gasteiger partial charge >= 0.3 is 0 Å². The standard InChI is InChI=1S/C21H21N3O4S/c25-19(22-13-17-4-3-11-28-17)14-24-20(26)18(29-21(24)27)12-15-5-7-16(8-6-15)23-9-1-2-10-23/h3-8,11-12H,1-2,9-10,13-14H2,(H,22,25)/b18-12-. The predicted octanol–water partition coefficient (Wildman–Crippen LogP) is 3.23. The van der Waals surface area contributed by atoms with Crippen LogP contribution in [0.1, 0.15) is 24.2 Å². The van der Waals surface area contributed by atoms with Gasteiger partial charge in [-0.2, -0.15) is 0 Å². The maximum absolute atomic E-state index is 12.6. The van der Waals surface area contributed by atoms with Crippen LogP contribution in [0, 0.1) is 0 Å². The number of furan rings is 1. The second kappa shape index (κ2) is 8.57. The molecule has 2 aliphatic rings. The molecule has 7 nitrogen and oxygen atoms in total. The molecule has 3 heterocycles. The minimum Gasteiger partial charge on any atom is -0.467 e. The molecule has 2 aromatic rings. The molecule has 0 spiro atoms. The van der Waals surface area contributed by atoms with Crippen molar-refractivity contribution in [3.63, 3.8) is 0 Å². The van der Waals surface area contributed by atoms with Crippen molar-refractivity contribution in [1.82, 2.24) is 10.2 Å². The van der Waals surface area contributed by atoms with Crippen molar-refractivity contribution in [3.8, 4) is 0 Å². The topological polar surface area (TPSA) is 82.9 Å². The highest BCUT2D eigenvalue weighted by Crippen LogP contribution is 2.32. The fourth-order valence-corrected chi connectivity index (χ4v) is 4.18. The van der Waals surface area contributed by atoms with E-state index in [2.05, 4.69) is 10.2 Å². The normalized spacial score (nSPS) is 18.1. The summed E-state index contributed by atoms with van der Waals surface area (Å²) in [5.41, 5.74) is 2.02. The first kappa shape index (κ1) is 19.3. The molecule has 0 saturated carbocycles. The quantitative estimate of drug-likeness (QED) is 0.735. The highest BCUT2D eigenvalue weighted by molar-refractivity contribution is 8.18. The van der Waals surface area contributed by atoms with Crippen molar-refractivity contribution in [1.29, 1.82) is 0 Å². The number of amides is 3. The number of benzene rings is 1. The van der Waals surface area contributed by atoms with Gasteiger partial charge in [0.1, 0.15) is 12.3 Å². The molecule has 0 unspecified atom stereocenters. The van der Waals surface area contributed by atoms with E-state index in [1.165, 1.54) is 24.8 Å². The lowest BCUT2D eigenvalue weighted by Crippen LogP contribution is -2.39. The van der Waals surface area contributed by atoms with E-state index in [9.17, 15) is 14.4 Å². The highest BCUT2D eigenvalue weighted by atomic mass is 32.2. The molecule has 2 fully saturated rings. The molecular weight excluding hydrogens is 390 g/mol. The van der Waals surface area contributed by atoms with Gasteiger partial charge in [-0.25, -0.2) is 0 Å². The van der Waals surface area contributed by atoms with Crippen molar-refractivity contribution in [2.75, 3.05) is 24.5 Å². The van der Waals surface area contributed by atoms with Crippen LogP contribution in [0.3, 0.4) is 0 Å². The molecule has 3 amide bonds. The first-order chi connectivity index (χ1) is 14.1. The summed E-state index contributed by atoms with van der Waals surface area (Å²) in [5, 5.41) is 2.20. The number of anilines is 1. The van der Waals surface area contributed by atoms with E-state index in [0.29, 0.717) is 10.7 Å². The number of hydrogen-bond donors (Lipinski definition) is 1. The molecule has 4 rings (SSSR count). The largest absolute Gasteiger partial charge is 0.467 e. The Hall–Kier alpha value is -3.00. The number of rotatable bonds is 6. The number of imide groups is 1. The van der Waals surface area contributed by atoms with Crippen molar-refractivity contribution in [2.45, 2.75) is 19.4 Å². The zero-order valence-corrected chi connectivity index (χ0v) is 16.6. The zero-order valence-electron chi connectivity index (χ0n) is 15.8. The van der Waals surface area contributed by atoms with E-state index >= 15 is 0 Å². The van der Waals surface area contributed by atoms with Crippen LogP contribution in [0.15, 0.2) is 52.0 Å². The lowest BCUT2D eigenvalue weighted by atomic mass is 10.2. The number of thioether (sulfide) groups is 1. The molecule has 2 saturated heterocycles. The highest BCUT2D eigenvalue weighted by Gasteiger charge is 2.36. The van der Waals surface area contributed by atoms with E-state index in [-0.39, 0.29) is 13.1 Å². The third-order valence-corrected chi connectivity index (χ3v) is 5.78. The van der Waals surface area contributed by atoms with Crippen molar-refractivity contribution < 1.29 is 18.8 Å². The summed E-state index contributed by atoms with van der Waals surface area (Å²) < 4.78 is 5.14. The number of carbonyl (C=O) groups excluding carboxylic acids is 3. The molecule has 1 aromatic heterocycles. The fourth-order valence-electron chi connectivity index (χ4n) is 3.34. The zero-order chi connectivity index (χ0) is 20.2. The summed E-state index contributed by atoms with van der Waals surface area (Å²) in [6.45, 7) is 2.04. The lowest BCUT2D eigenvalue weighted by Gasteiger charge is -2.17. The number of nitrogens with zero attached hydrogens (tertiary/aromatic N) is 2. The molecular formula is C21H21N3O4S. The van der Waals surface area contributed by atoms with Gasteiger partial charge in [0, 0.05) is 18.8 Å². The van der Waals surface area contributed by atoms with Gasteiger partial charge < -0.3 is 14.6 Å². The van der Waals surface area contributed by atoms with Gasteiger partial charge in [0.05, 0.1) is 17.7 Å². The Labute approximate surface area is 172 Å². The molecule has 0 bridgehead atoms. The van der Waals surface area contributed by atoms with E-state index in [1.807, 2.05) is 24.3 Å². The third-order valence-electron chi connectivity index (χ3n) is 4.88. The molecule has 8 heteroatoms. The maximum atomic E-state index is 12.6. The first-order valence-electron chi connectivity index (χ1n) is 9.49. The maximum Gasteiger partial charge on any atom is 0.294 e. The number of hydrogen-bond acceptors (Lipinski definition) is 6. The predicted molar refractivity (Wildman–Crippen MR) is 111 cm³/mol. The molecule has 0 atom stereocenters. The van der Waals surface area contributed by atoms with Crippen LogP contribution in [0.4, 0.5) is 10.5 Å². The second-order valence-corrected chi connectivity index (χ2v) is 7.90. The van der Waals surface area contributed by atoms with Gasteiger partial charge in [-0.3, -0.25) is 19.3 Å². The number of nitrogens with one attached hydrogen (secondary N) is 1. The Morgan fingerprint density at radius 1 is 1.14 bits per heavy atom. The van der Waals surface area contributed by atoms with Gasteiger partial charge in [-0.15, -0.1) is 0 Å². The third kappa shape index (κ3) is 4.54. The molecule has 1 aromatic carbocycles. The Balaban J connectivity index is 1.37. The molecule has 0 radical (unpaired) electrons. The summed E-state index contributed by atoms with van der Waals surface area (Å²) in [4.78, 5) is 40.5. The van der Waals surface area contributed by atoms with Crippen LogP contribution in [-0.2, 0) is 16.1 Å². The minimum absolute atomic E-state index is 0.210. The minimum atomic E-state index is -0.447. The Kier molecular flexibility index (Phi) is 5.71. The van der Waals surface area contributed by atoms with Crippen molar-refractivity contribution in [2.24, 2.45) is 0 Å².